The summed E-state index contributed by atoms with van der Waals surface area (Å²) >= 11 is 13.7. The molecule has 0 bridgehead atoms. The van der Waals surface area contributed by atoms with Gasteiger partial charge < -0.3 is 4.90 Å². The van der Waals surface area contributed by atoms with E-state index in [4.69, 9.17) is 23.2 Å². The highest BCUT2D eigenvalue weighted by molar-refractivity contribution is 8.00. The van der Waals surface area contributed by atoms with E-state index >= 15 is 0 Å². The number of carbonyl (C=O) groups is 1. The van der Waals surface area contributed by atoms with Crippen molar-refractivity contribution in [1.29, 1.82) is 0 Å². The topological polar surface area (TPSA) is 44.7 Å². The molecule has 0 aromatic heterocycles. The Labute approximate surface area is 138 Å². The van der Waals surface area contributed by atoms with Gasteiger partial charge in [0.05, 0.1) is 16.3 Å². The van der Waals surface area contributed by atoms with Gasteiger partial charge in [0.15, 0.2) is 0 Å². The highest BCUT2D eigenvalue weighted by atomic mass is 35.5. The molecule has 1 heterocycles. The number of carbonyl (C=O) groups excluding carboxylic acids is 1. The van der Waals surface area contributed by atoms with Crippen LogP contribution >= 0.6 is 35.0 Å². The summed E-state index contributed by atoms with van der Waals surface area (Å²) < 4.78 is 0. The summed E-state index contributed by atoms with van der Waals surface area (Å²) in [6, 6.07) is 3.67. The summed E-state index contributed by atoms with van der Waals surface area (Å²) in [6.07, 6.45) is 1.76. The van der Waals surface area contributed by atoms with Gasteiger partial charge in [0.1, 0.15) is 0 Å². The molecule has 1 aromatic rings. The molecule has 112 valence electrons. The molecule has 7 heteroatoms. The van der Waals surface area contributed by atoms with Crippen molar-refractivity contribution < 1.29 is 4.79 Å². The van der Waals surface area contributed by atoms with Gasteiger partial charge in [-0.15, -0.1) is 11.8 Å². The van der Waals surface area contributed by atoms with Gasteiger partial charge in [0, 0.05) is 36.0 Å². The highest BCUT2D eigenvalue weighted by Crippen LogP contribution is 2.32. The lowest BCUT2D eigenvalue weighted by molar-refractivity contribution is -0.116. The van der Waals surface area contributed by atoms with Gasteiger partial charge in [-0.1, -0.05) is 23.2 Å². The Balaban J connectivity index is 2.13. The van der Waals surface area contributed by atoms with Gasteiger partial charge in [-0.3, -0.25) is 4.79 Å². The number of thioether (sulfide) groups is 1. The average molecular weight is 344 g/mol. The molecule has 0 atom stereocenters. The van der Waals surface area contributed by atoms with E-state index in [1.807, 2.05) is 32.0 Å². The zero-order chi connectivity index (χ0) is 15.6. The number of nitrogens with one attached hydrogen (secondary N) is 1. The number of benzene rings is 1. The van der Waals surface area contributed by atoms with E-state index < -0.39 is 0 Å². The summed E-state index contributed by atoms with van der Waals surface area (Å²) in [5.41, 5.74) is 4.74. The second-order valence-electron chi connectivity index (χ2n) is 4.83. The summed E-state index contributed by atoms with van der Waals surface area (Å²) in [5, 5.41) is 5.32. The molecule has 1 aliphatic heterocycles. The Morgan fingerprint density at radius 3 is 2.71 bits per heavy atom. The molecule has 1 aromatic carbocycles. The number of halogens is 2. The first-order valence-electron chi connectivity index (χ1n) is 6.22. The molecule has 0 aliphatic carbocycles. The maximum Gasteiger partial charge on any atom is 0.274 e. The van der Waals surface area contributed by atoms with Crippen LogP contribution in [0.15, 0.2) is 33.9 Å². The SMILES string of the molecule is Cc1cc(SCC2=NNC(=O)/C2=C\N(C)C)c(Cl)cc1Cl. The van der Waals surface area contributed by atoms with Crippen LogP contribution in [-0.2, 0) is 4.79 Å². The molecule has 0 unspecified atom stereocenters. The van der Waals surface area contributed by atoms with Gasteiger partial charge in [-0.05, 0) is 24.6 Å². The lowest BCUT2D eigenvalue weighted by Crippen LogP contribution is -2.17. The van der Waals surface area contributed by atoms with Crippen molar-refractivity contribution in [3.05, 3.63) is 39.5 Å². The first-order valence-corrected chi connectivity index (χ1v) is 7.96. The van der Waals surface area contributed by atoms with E-state index in [2.05, 4.69) is 10.5 Å². The highest BCUT2D eigenvalue weighted by Gasteiger charge is 2.23. The van der Waals surface area contributed by atoms with Crippen molar-refractivity contribution in [3.63, 3.8) is 0 Å². The first-order chi connectivity index (χ1) is 9.88. The molecular weight excluding hydrogens is 329 g/mol. The number of nitrogens with zero attached hydrogens (tertiary/aromatic N) is 2. The second-order valence-corrected chi connectivity index (χ2v) is 6.66. The molecule has 2 rings (SSSR count). The second kappa shape index (κ2) is 6.73. The van der Waals surface area contributed by atoms with E-state index in [-0.39, 0.29) is 5.91 Å². The van der Waals surface area contributed by atoms with Gasteiger partial charge >= 0.3 is 0 Å². The summed E-state index contributed by atoms with van der Waals surface area (Å²) in [7, 11) is 3.73. The molecule has 0 saturated heterocycles. The minimum Gasteiger partial charge on any atom is -0.383 e. The number of aryl methyl sites for hydroxylation is 1. The fraction of sp³-hybridized carbons (Fsp3) is 0.286. The van der Waals surface area contributed by atoms with E-state index in [9.17, 15) is 4.79 Å². The van der Waals surface area contributed by atoms with Crippen molar-refractivity contribution in [2.45, 2.75) is 11.8 Å². The van der Waals surface area contributed by atoms with E-state index in [1.165, 1.54) is 11.8 Å². The normalized spacial score (nSPS) is 16.1. The van der Waals surface area contributed by atoms with Crippen molar-refractivity contribution in [3.8, 4) is 0 Å². The van der Waals surface area contributed by atoms with Gasteiger partial charge in [0.25, 0.3) is 5.91 Å². The first kappa shape index (κ1) is 16.2. The smallest absolute Gasteiger partial charge is 0.274 e. The van der Waals surface area contributed by atoms with Gasteiger partial charge in [0.2, 0.25) is 0 Å². The van der Waals surface area contributed by atoms with Crippen molar-refractivity contribution >= 4 is 46.6 Å². The van der Waals surface area contributed by atoms with E-state index in [0.717, 1.165) is 10.5 Å². The minimum atomic E-state index is -0.183. The van der Waals surface area contributed by atoms with Crippen LogP contribution in [0, 0.1) is 6.92 Å². The number of hydrogen-bond acceptors (Lipinski definition) is 4. The van der Waals surface area contributed by atoms with Crippen LogP contribution in [0.3, 0.4) is 0 Å². The number of amides is 1. The van der Waals surface area contributed by atoms with Crippen molar-refractivity contribution in [1.82, 2.24) is 10.3 Å². The zero-order valence-corrected chi connectivity index (χ0v) is 14.2. The van der Waals surface area contributed by atoms with Gasteiger partial charge in [-0.2, -0.15) is 5.10 Å². The Bertz CT molecular complexity index is 641. The molecule has 4 nitrogen and oxygen atoms in total. The van der Waals surface area contributed by atoms with Crippen LogP contribution < -0.4 is 5.43 Å². The van der Waals surface area contributed by atoms with Crippen LogP contribution in [0.4, 0.5) is 0 Å². The van der Waals surface area contributed by atoms with E-state index in [1.54, 1.807) is 12.3 Å². The third kappa shape index (κ3) is 3.93. The third-order valence-electron chi connectivity index (χ3n) is 2.81. The monoisotopic (exact) mass is 343 g/mol. The fourth-order valence-electron chi connectivity index (χ4n) is 1.76. The summed E-state index contributed by atoms with van der Waals surface area (Å²) in [5.74, 6) is 0.372. The van der Waals surface area contributed by atoms with E-state index in [0.29, 0.717) is 27.1 Å². The Hall–Kier alpha value is -1.17. The Morgan fingerprint density at radius 1 is 1.33 bits per heavy atom. The summed E-state index contributed by atoms with van der Waals surface area (Å²) in [6.45, 7) is 1.93. The molecule has 0 spiro atoms. The Morgan fingerprint density at radius 2 is 2.05 bits per heavy atom. The predicted molar refractivity (Wildman–Crippen MR) is 89.3 cm³/mol. The van der Waals surface area contributed by atoms with Crippen LogP contribution in [0.1, 0.15) is 5.56 Å². The average Bonchev–Trinajstić information content (AvgIpc) is 2.73. The lowest BCUT2D eigenvalue weighted by atomic mass is 10.2. The summed E-state index contributed by atoms with van der Waals surface area (Å²) in [4.78, 5) is 14.5. The Kier molecular flexibility index (Phi) is 5.19. The number of hydrogen-bond donors (Lipinski definition) is 1. The molecule has 21 heavy (non-hydrogen) atoms. The molecule has 1 N–H and O–H groups in total. The molecule has 0 radical (unpaired) electrons. The fourth-order valence-corrected chi connectivity index (χ4v) is 3.27. The van der Waals surface area contributed by atoms with Crippen LogP contribution in [-0.4, -0.2) is 36.4 Å². The number of rotatable bonds is 4. The molecule has 1 aliphatic rings. The largest absolute Gasteiger partial charge is 0.383 e. The predicted octanol–water partition coefficient (Wildman–Crippen LogP) is 3.33. The maximum absolute atomic E-state index is 11.7. The zero-order valence-electron chi connectivity index (χ0n) is 11.9. The van der Waals surface area contributed by atoms with Gasteiger partial charge in [-0.25, -0.2) is 5.43 Å². The quantitative estimate of drug-likeness (QED) is 0.673. The van der Waals surface area contributed by atoms with Crippen molar-refractivity contribution in [2.24, 2.45) is 5.10 Å². The molecule has 0 saturated carbocycles. The van der Waals surface area contributed by atoms with Crippen molar-refractivity contribution in [2.75, 3.05) is 19.8 Å². The third-order valence-corrected chi connectivity index (χ3v) is 4.71. The molecule has 1 amide bonds. The lowest BCUT2D eigenvalue weighted by Gasteiger charge is -2.09. The van der Waals surface area contributed by atoms with Crippen LogP contribution in [0.25, 0.3) is 0 Å². The van der Waals surface area contributed by atoms with Crippen LogP contribution in [0.2, 0.25) is 10.0 Å². The molecular formula is C14H15Cl2N3OS. The standard InChI is InChI=1S/C14H15Cl2N3OS/c1-8-4-13(11(16)5-10(8)15)21-7-12-9(6-19(2)3)14(20)18-17-12/h4-6H,7H2,1-3H3,(H,18,20)/b9-6-. The molecule has 0 fully saturated rings. The van der Waals surface area contributed by atoms with Crippen LogP contribution in [0.5, 0.6) is 0 Å². The maximum atomic E-state index is 11.7. The minimum absolute atomic E-state index is 0.183. The number of hydrazone groups is 1.